The molecule has 2 aromatic rings. The average molecular weight is 298 g/mol. The maximum atomic E-state index is 13.4. The van der Waals surface area contributed by atoms with Gasteiger partial charge in [-0.25, -0.2) is 14.2 Å². The molecule has 1 aromatic carbocycles. The molecule has 0 amide bonds. The van der Waals surface area contributed by atoms with Crippen LogP contribution in [-0.2, 0) is 4.74 Å². The van der Waals surface area contributed by atoms with Gasteiger partial charge in [0.25, 0.3) is 0 Å². The number of benzene rings is 1. The molecule has 0 saturated carbocycles. The van der Waals surface area contributed by atoms with Crippen molar-refractivity contribution in [2.45, 2.75) is 13.8 Å². The molecule has 0 fully saturated rings. The van der Waals surface area contributed by atoms with Gasteiger partial charge >= 0.3 is 5.97 Å². The minimum atomic E-state index is -0.626. The zero-order valence-electron chi connectivity index (χ0n) is 11.0. The first-order valence-corrected chi connectivity index (χ1v) is 6.30. The number of ether oxygens (including phenoxy) is 1. The number of hydrogen-bond donors (Lipinski definition) is 1. The zero-order valence-corrected chi connectivity index (χ0v) is 11.7. The summed E-state index contributed by atoms with van der Waals surface area (Å²) in [6, 6.07) is 3.87. The van der Waals surface area contributed by atoms with Gasteiger partial charge in [-0.15, -0.1) is 0 Å². The maximum Gasteiger partial charge on any atom is 0.360 e. The number of aromatic nitrogens is 2. The topological polar surface area (TPSA) is 70.1 Å². The number of esters is 1. The van der Waals surface area contributed by atoms with Crippen LogP contribution in [0.2, 0.25) is 5.02 Å². The number of halogens is 2. The Morgan fingerprint density at radius 3 is 2.90 bits per heavy atom. The number of carbonyl (C=O) groups excluding carboxylic acids is 1. The van der Waals surface area contributed by atoms with E-state index in [0.717, 1.165) is 0 Å². The van der Waals surface area contributed by atoms with Crippen molar-refractivity contribution in [3.63, 3.8) is 0 Å². The molecule has 0 aliphatic heterocycles. The van der Waals surface area contributed by atoms with E-state index < -0.39 is 11.8 Å². The molecule has 0 bridgehead atoms. The highest BCUT2D eigenvalue weighted by Crippen LogP contribution is 2.27. The highest BCUT2D eigenvalue weighted by molar-refractivity contribution is 6.32. The maximum absolute atomic E-state index is 13.4. The molecule has 5 nitrogen and oxygen atoms in total. The lowest BCUT2D eigenvalue weighted by Crippen LogP contribution is -2.09. The van der Waals surface area contributed by atoms with E-state index in [-0.39, 0.29) is 18.1 Å². The lowest BCUT2D eigenvalue weighted by Gasteiger charge is -2.09. The number of nitrogens with zero attached hydrogens (tertiary/aromatic N) is 2. The number of imidazole rings is 1. The molecule has 0 atom stereocenters. The van der Waals surface area contributed by atoms with E-state index in [9.17, 15) is 9.18 Å². The summed E-state index contributed by atoms with van der Waals surface area (Å²) in [6.07, 6.45) is 0. The van der Waals surface area contributed by atoms with Crippen molar-refractivity contribution in [2.75, 3.05) is 12.3 Å². The molecular formula is C13H13ClFN3O2. The van der Waals surface area contributed by atoms with E-state index in [1.807, 2.05) is 0 Å². The SMILES string of the molecule is CCOC(=O)c1nc(C)n(-c2cc(F)ccc2Cl)c1N. The third kappa shape index (κ3) is 2.46. The fraction of sp³-hybridized carbons (Fsp3) is 0.231. The van der Waals surface area contributed by atoms with Crippen LogP contribution in [0.3, 0.4) is 0 Å². The molecule has 0 spiro atoms. The van der Waals surface area contributed by atoms with E-state index in [1.54, 1.807) is 13.8 Å². The number of rotatable bonds is 3. The largest absolute Gasteiger partial charge is 0.461 e. The van der Waals surface area contributed by atoms with E-state index >= 15 is 0 Å². The van der Waals surface area contributed by atoms with Gasteiger partial charge in [0, 0.05) is 0 Å². The normalized spacial score (nSPS) is 10.6. The van der Waals surface area contributed by atoms with E-state index in [1.165, 1.54) is 22.8 Å². The van der Waals surface area contributed by atoms with Crippen LogP contribution in [0.1, 0.15) is 23.2 Å². The second kappa shape index (κ2) is 5.50. The van der Waals surface area contributed by atoms with Crippen molar-refractivity contribution in [1.82, 2.24) is 9.55 Å². The minimum Gasteiger partial charge on any atom is -0.461 e. The van der Waals surface area contributed by atoms with Gasteiger partial charge in [-0.05, 0) is 32.0 Å². The Balaban J connectivity index is 2.58. The fourth-order valence-electron chi connectivity index (χ4n) is 1.86. The smallest absolute Gasteiger partial charge is 0.360 e. The second-order valence-corrected chi connectivity index (χ2v) is 4.45. The summed E-state index contributed by atoms with van der Waals surface area (Å²) in [5.41, 5.74) is 6.22. The van der Waals surface area contributed by atoms with Crippen LogP contribution < -0.4 is 5.73 Å². The van der Waals surface area contributed by atoms with Crippen molar-refractivity contribution in [3.05, 3.63) is 40.6 Å². The van der Waals surface area contributed by atoms with Gasteiger partial charge in [-0.1, -0.05) is 11.6 Å². The van der Waals surface area contributed by atoms with Crippen LogP contribution >= 0.6 is 11.6 Å². The Labute approximate surface area is 120 Å². The fourth-order valence-corrected chi connectivity index (χ4v) is 2.06. The molecule has 7 heteroatoms. The van der Waals surface area contributed by atoms with E-state index in [2.05, 4.69) is 4.98 Å². The van der Waals surface area contributed by atoms with Crippen molar-refractivity contribution in [2.24, 2.45) is 0 Å². The van der Waals surface area contributed by atoms with Gasteiger partial charge in [-0.2, -0.15) is 0 Å². The van der Waals surface area contributed by atoms with Crippen LogP contribution in [0.4, 0.5) is 10.2 Å². The number of hydrogen-bond acceptors (Lipinski definition) is 4. The summed E-state index contributed by atoms with van der Waals surface area (Å²) in [5, 5.41) is 0.300. The molecule has 0 aliphatic carbocycles. The minimum absolute atomic E-state index is 0.00956. The molecular weight excluding hydrogens is 285 g/mol. The van der Waals surface area contributed by atoms with Gasteiger partial charge in [0.05, 0.1) is 17.3 Å². The Kier molecular flexibility index (Phi) is 3.94. The third-order valence-electron chi connectivity index (χ3n) is 2.70. The lowest BCUT2D eigenvalue weighted by atomic mass is 10.3. The highest BCUT2D eigenvalue weighted by atomic mass is 35.5. The molecule has 0 radical (unpaired) electrons. The van der Waals surface area contributed by atoms with Crippen LogP contribution in [0.5, 0.6) is 0 Å². The molecule has 106 valence electrons. The van der Waals surface area contributed by atoms with E-state index in [4.69, 9.17) is 22.1 Å². The van der Waals surface area contributed by atoms with Crippen LogP contribution in [0.25, 0.3) is 5.69 Å². The first-order valence-electron chi connectivity index (χ1n) is 5.93. The Hall–Kier alpha value is -2.08. The number of carbonyl (C=O) groups is 1. The Morgan fingerprint density at radius 2 is 2.25 bits per heavy atom. The molecule has 2 rings (SSSR count). The monoisotopic (exact) mass is 297 g/mol. The first-order chi connectivity index (χ1) is 9.45. The van der Waals surface area contributed by atoms with Gasteiger partial charge in [0.2, 0.25) is 0 Å². The standard InChI is InChI=1S/C13H13ClFN3O2/c1-3-20-13(19)11-12(16)18(7(2)17-11)10-6-8(15)4-5-9(10)14/h4-6H,3,16H2,1-2H3. The molecule has 2 N–H and O–H groups in total. The number of nitrogen functional groups attached to an aromatic ring is 1. The predicted molar refractivity (Wildman–Crippen MR) is 73.6 cm³/mol. The molecule has 0 saturated heterocycles. The summed E-state index contributed by atoms with van der Waals surface area (Å²) in [5.74, 6) is -0.611. The summed E-state index contributed by atoms with van der Waals surface area (Å²) in [6.45, 7) is 3.53. The molecule has 1 heterocycles. The summed E-state index contributed by atoms with van der Waals surface area (Å²) >= 11 is 6.04. The van der Waals surface area contributed by atoms with Crippen molar-refractivity contribution in [3.8, 4) is 5.69 Å². The van der Waals surface area contributed by atoms with Gasteiger partial charge in [0.1, 0.15) is 17.5 Å². The van der Waals surface area contributed by atoms with Crippen molar-refractivity contribution in [1.29, 1.82) is 0 Å². The van der Waals surface area contributed by atoms with Crippen LogP contribution in [0, 0.1) is 12.7 Å². The summed E-state index contributed by atoms with van der Waals surface area (Å²) in [7, 11) is 0. The lowest BCUT2D eigenvalue weighted by molar-refractivity contribution is 0.0521. The number of aryl methyl sites for hydroxylation is 1. The van der Waals surface area contributed by atoms with Crippen molar-refractivity contribution < 1.29 is 13.9 Å². The molecule has 1 aromatic heterocycles. The second-order valence-electron chi connectivity index (χ2n) is 4.04. The zero-order chi connectivity index (χ0) is 14.9. The van der Waals surface area contributed by atoms with Crippen LogP contribution in [0.15, 0.2) is 18.2 Å². The molecule has 0 aliphatic rings. The van der Waals surface area contributed by atoms with Crippen molar-refractivity contribution >= 4 is 23.4 Å². The number of nitrogens with two attached hydrogens (primary N) is 1. The molecule has 20 heavy (non-hydrogen) atoms. The average Bonchev–Trinajstić information content (AvgIpc) is 2.68. The summed E-state index contributed by atoms with van der Waals surface area (Å²) in [4.78, 5) is 15.8. The van der Waals surface area contributed by atoms with E-state index in [0.29, 0.717) is 16.5 Å². The third-order valence-corrected chi connectivity index (χ3v) is 3.02. The quantitative estimate of drug-likeness (QED) is 0.884. The highest BCUT2D eigenvalue weighted by Gasteiger charge is 2.21. The Bertz CT molecular complexity index is 670. The Morgan fingerprint density at radius 1 is 1.55 bits per heavy atom. The van der Waals surface area contributed by atoms with Gasteiger partial charge < -0.3 is 10.5 Å². The van der Waals surface area contributed by atoms with Crippen LogP contribution in [-0.4, -0.2) is 22.1 Å². The number of anilines is 1. The predicted octanol–water partition coefficient (Wildman–Crippen LogP) is 2.73. The van der Waals surface area contributed by atoms with Gasteiger partial charge in [0.15, 0.2) is 5.69 Å². The molecule has 0 unspecified atom stereocenters. The van der Waals surface area contributed by atoms with Gasteiger partial charge in [-0.3, -0.25) is 4.57 Å². The summed E-state index contributed by atoms with van der Waals surface area (Å²) < 4.78 is 19.6. The first kappa shape index (κ1) is 14.3.